The lowest BCUT2D eigenvalue weighted by Gasteiger charge is -2.43. The van der Waals surface area contributed by atoms with Crippen molar-refractivity contribution in [3.63, 3.8) is 0 Å². The van der Waals surface area contributed by atoms with Gasteiger partial charge in [0, 0.05) is 20.8 Å². The molecule has 1 aromatic rings. The predicted molar refractivity (Wildman–Crippen MR) is 102 cm³/mol. The molecule has 5 atom stereocenters. The fourth-order valence-electron chi connectivity index (χ4n) is 2.97. The highest BCUT2D eigenvalue weighted by atomic mass is 16.7. The fourth-order valence-corrected chi connectivity index (χ4v) is 2.97. The summed E-state index contributed by atoms with van der Waals surface area (Å²) in [5, 5.41) is 12.8. The minimum atomic E-state index is -1.68. The molecule has 0 saturated carbocycles. The number of ether oxygens (including phenoxy) is 5. The van der Waals surface area contributed by atoms with Crippen LogP contribution in [-0.2, 0) is 44.7 Å². The molecule has 1 aliphatic rings. The first-order chi connectivity index (χ1) is 14.7. The summed E-state index contributed by atoms with van der Waals surface area (Å²) >= 11 is 0. The average Bonchev–Trinajstić information content (AvgIpc) is 2.70. The molecule has 11 heteroatoms. The number of nitrogens with one attached hydrogen (secondary N) is 1. The molecule has 0 radical (unpaired) electrons. The number of rotatable bonds is 7. The Morgan fingerprint density at radius 1 is 0.935 bits per heavy atom. The van der Waals surface area contributed by atoms with Crippen LogP contribution in [0.25, 0.3) is 0 Å². The van der Waals surface area contributed by atoms with Gasteiger partial charge in [-0.2, -0.15) is 0 Å². The van der Waals surface area contributed by atoms with Crippen LogP contribution in [0.3, 0.4) is 0 Å². The normalized spacial score (nSPS) is 25.1. The number of esters is 3. The lowest BCUT2D eigenvalue weighted by Crippen LogP contribution is -2.66. The van der Waals surface area contributed by atoms with E-state index in [9.17, 15) is 24.3 Å². The number of carbonyl (C=O) groups is 4. The van der Waals surface area contributed by atoms with Gasteiger partial charge in [-0.05, 0) is 5.56 Å². The maximum atomic E-state index is 12.3. The van der Waals surface area contributed by atoms with E-state index in [4.69, 9.17) is 23.7 Å². The van der Waals surface area contributed by atoms with Crippen molar-refractivity contribution in [1.82, 2.24) is 5.32 Å². The molecular formula is C20H25NO10. The van der Waals surface area contributed by atoms with E-state index in [-0.39, 0.29) is 13.2 Å². The van der Waals surface area contributed by atoms with E-state index in [2.05, 4.69) is 5.32 Å². The van der Waals surface area contributed by atoms with Crippen LogP contribution in [0.5, 0.6) is 0 Å². The number of hydrogen-bond donors (Lipinski definition) is 2. The van der Waals surface area contributed by atoms with Crippen LogP contribution in [0.2, 0.25) is 0 Å². The molecule has 0 spiro atoms. The molecule has 31 heavy (non-hydrogen) atoms. The maximum absolute atomic E-state index is 12.3. The molecule has 0 unspecified atom stereocenters. The number of amides is 1. The van der Waals surface area contributed by atoms with Gasteiger partial charge in [-0.1, -0.05) is 30.3 Å². The number of alkyl carbamates (subject to hydrolysis) is 1. The summed E-state index contributed by atoms with van der Waals surface area (Å²) in [5.74, 6) is -2.12. The van der Waals surface area contributed by atoms with Gasteiger partial charge in [-0.25, -0.2) is 4.79 Å². The number of hydrogen-bond acceptors (Lipinski definition) is 10. The molecule has 0 aromatic heterocycles. The van der Waals surface area contributed by atoms with Crippen molar-refractivity contribution in [1.29, 1.82) is 0 Å². The van der Waals surface area contributed by atoms with Gasteiger partial charge in [0.05, 0.1) is 0 Å². The van der Waals surface area contributed by atoms with Crippen LogP contribution in [0, 0.1) is 0 Å². The summed E-state index contributed by atoms with van der Waals surface area (Å²) in [7, 11) is 0. The Hall–Kier alpha value is -3.18. The highest BCUT2D eigenvalue weighted by Crippen LogP contribution is 2.26. The van der Waals surface area contributed by atoms with Gasteiger partial charge < -0.3 is 34.1 Å². The summed E-state index contributed by atoms with van der Waals surface area (Å²) in [6.07, 6.45) is -6.36. The minimum absolute atomic E-state index is 0.0446. The fraction of sp³-hybridized carbons (Fsp3) is 0.500. The van der Waals surface area contributed by atoms with Crippen LogP contribution in [-0.4, -0.2) is 66.4 Å². The predicted octanol–water partition coefficient (Wildman–Crippen LogP) is 0.425. The molecule has 1 heterocycles. The third kappa shape index (κ3) is 7.54. The summed E-state index contributed by atoms with van der Waals surface area (Å²) < 4.78 is 25.8. The van der Waals surface area contributed by atoms with Gasteiger partial charge in [0.1, 0.15) is 25.4 Å². The Balaban J connectivity index is 2.16. The molecule has 2 rings (SSSR count). The average molecular weight is 439 g/mol. The van der Waals surface area contributed by atoms with Gasteiger partial charge in [0.2, 0.25) is 0 Å². The molecule has 1 aliphatic heterocycles. The smallest absolute Gasteiger partial charge is 0.407 e. The number of benzene rings is 1. The van der Waals surface area contributed by atoms with E-state index in [1.54, 1.807) is 24.3 Å². The largest absolute Gasteiger partial charge is 0.463 e. The molecule has 0 aliphatic carbocycles. The second-order valence-electron chi connectivity index (χ2n) is 6.75. The first-order valence-electron chi connectivity index (χ1n) is 9.46. The van der Waals surface area contributed by atoms with Gasteiger partial charge in [0.25, 0.3) is 0 Å². The molecule has 0 bridgehead atoms. The van der Waals surface area contributed by atoms with Crippen LogP contribution < -0.4 is 5.32 Å². The zero-order valence-electron chi connectivity index (χ0n) is 17.3. The van der Waals surface area contributed by atoms with Gasteiger partial charge in [0.15, 0.2) is 18.5 Å². The van der Waals surface area contributed by atoms with E-state index in [0.717, 1.165) is 26.3 Å². The third-order valence-electron chi connectivity index (χ3n) is 4.22. The molecule has 1 aromatic carbocycles. The van der Waals surface area contributed by atoms with Crippen molar-refractivity contribution in [3.8, 4) is 0 Å². The Morgan fingerprint density at radius 3 is 2.13 bits per heavy atom. The number of aliphatic hydroxyl groups excluding tert-OH is 1. The lowest BCUT2D eigenvalue weighted by atomic mass is 9.96. The van der Waals surface area contributed by atoms with Crippen molar-refractivity contribution in [2.45, 2.75) is 58.0 Å². The van der Waals surface area contributed by atoms with Crippen LogP contribution in [0.4, 0.5) is 4.79 Å². The molecule has 1 saturated heterocycles. The molecule has 11 nitrogen and oxygen atoms in total. The highest BCUT2D eigenvalue weighted by molar-refractivity contribution is 5.69. The quantitative estimate of drug-likeness (QED) is 0.453. The molecule has 170 valence electrons. The SMILES string of the molecule is CC(=O)OC[C@@H]1O[C@@H](O)[C@@H](NC(=O)OCc2ccccc2)[C@H](OC(C)=O)[C@H]1OC(C)=O. The van der Waals surface area contributed by atoms with E-state index in [1.165, 1.54) is 0 Å². The topological polar surface area (TPSA) is 147 Å². The molecular weight excluding hydrogens is 414 g/mol. The summed E-state index contributed by atoms with van der Waals surface area (Å²) in [6.45, 7) is 2.97. The summed E-state index contributed by atoms with van der Waals surface area (Å²) in [6, 6.07) is 7.54. The van der Waals surface area contributed by atoms with Gasteiger partial charge >= 0.3 is 24.0 Å². The summed E-state index contributed by atoms with van der Waals surface area (Å²) in [4.78, 5) is 46.7. The first kappa shape index (κ1) is 24.1. The Labute approximate surface area is 178 Å². The Morgan fingerprint density at radius 2 is 1.55 bits per heavy atom. The standard InChI is InChI=1S/C20H25NO10/c1-11(22)27-10-15-17(29-12(2)23)18(30-13(3)24)16(19(25)31-15)21-20(26)28-9-14-7-5-4-6-8-14/h4-8,15-19,25H,9-10H2,1-3H3,(H,21,26)/t15-,16-,17-,18-,19+/m0/s1. The Kier molecular flexibility index (Phi) is 8.76. The van der Waals surface area contributed by atoms with Crippen molar-refractivity contribution in [3.05, 3.63) is 35.9 Å². The van der Waals surface area contributed by atoms with E-state index in [1.807, 2.05) is 6.07 Å². The Bertz CT molecular complexity index is 783. The highest BCUT2D eigenvalue weighted by Gasteiger charge is 2.50. The lowest BCUT2D eigenvalue weighted by molar-refractivity contribution is -0.264. The second-order valence-corrected chi connectivity index (χ2v) is 6.75. The zero-order chi connectivity index (χ0) is 23.0. The van der Waals surface area contributed by atoms with E-state index in [0.29, 0.717) is 0 Å². The van der Waals surface area contributed by atoms with Crippen LogP contribution in [0.15, 0.2) is 30.3 Å². The van der Waals surface area contributed by atoms with Crippen LogP contribution in [0.1, 0.15) is 26.3 Å². The maximum Gasteiger partial charge on any atom is 0.407 e. The number of aliphatic hydroxyl groups is 1. The van der Waals surface area contributed by atoms with E-state index >= 15 is 0 Å². The molecule has 2 N–H and O–H groups in total. The van der Waals surface area contributed by atoms with Crippen molar-refractivity contribution < 1.29 is 48.0 Å². The van der Waals surface area contributed by atoms with Gasteiger partial charge in [-0.15, -0.1) is 0 Å². The van der Waals surface area contributed by atoms with E-state index < -0.39 is 54.6 Å². The number of carbonyl (C=O) groups excluding carboxylic acids is 4. The molecule has 1 amide bonds. The van der Waals surface area contributed by atoms with Crippen LogP contribution >= 0.6 is 0 Å². The first-order valence-corrected chi connectivity index (χ1v) is 9.46. The van der Waals surface area contributed by atoms with Crippen molar-refractivity contribution in [2.24, 2.45) is 0 Å². The summed E-state index contributed by atoms with van der Waals surface area (Å²) in [5.41, 5.74) is 0.730. The third-order valence-corrected chi connectivity index (χ3v) is 4.22. The van der Waals surface area contributed by atoms with Crippen molar-refractivity contribution >= 4 is 24.0 Å². The van der Waals surface area contributed by atoms with Gasteiger partial charge in [-0.3, -0.25) is 14.4 Å². The minimum Gasteiger partial charge on any atom is -0.463 e. The molecule has 1 fully saturated rings. The van der Waals surface area contributed by atoms with Crippen molar-refractivity contribution in [2.75, 3.05) is 6.61 Å². The zero-order valence-corrected chi connectivity index (χ0v) is 17.3. The second kappa shape index (κ2) is 11.3. The monoisotopic (exact) mass is 439 g/mol.